The SMILES string of the molecule is C=CC(=O)Oc1ccc(N(c2ccc(OC3COC3=O)cc2)c2cccc(C)c2)cc1. The Morgan fingerprint density at radius 3 is 2.16 bits per heavy atom. The third-order valence-corrected chi connectivity index (χ3v) is 4.75. The van der Waals surface area contributed by atoms with E-state index < -0.39 is 12.1 Å². The Morgan fingerprint density at radius 2 is 1.65 bits per heavy atom. The van der Waals surface area contributed by atoms with Crippen molar-refractivity contribution in [2.75, 3.05) is 11.5 Å². The summed E-state index contributed by atoms with van der Waals surface area (Å²) in [7, 11) is 0. The van der Waals surface area contributed by atoms with Crippen molar-refractivity contribution in [3.8, 4) is 11.5 Å². The summed E-state index contributed by atoms with van der Waals surface area (Å²) < 4.78 is 15.6. The molecule has 1 unspecified atom stereocenters. The van der Waals surface area contributed by atoms with Crippen molar-refractivity contribution in [1.29, 1.82) is 0 Å². The predicted molar refractivity (Wildman–Crippen MR) is 117 cm³/mol. The monoisotopic (exact) mass is 415 g/mol. The maximum atomic E-state index is 11.4. The normalized spacial score (nSPS) is 14.7. The summed E-state index contributed by atoms with van der Waals surface area (Å²) in [5, 5.41) is 0. The van der Waals surface area contributed by atoms with Gasteiger partial charge in [-0.25, -0.2) is 9.59 Å². The zero-order valence-electron chi connectivity index (χ0n) is 17.0. The van der Waals surface area contributed by atoms with Gasteiger partial charge < -0.3 is 19.1 Å². The molecule has 1 heterocycles. The lowest BCUT2D eigenvalue weighted by molar-refractivity contribution is -0.175. The van der Waals surface area contributed by atoms with Gasteiger partial charge in [-0.3, -0.25) is 0 Å². The third kappa shape index (κ3) is 4.59. The molecule has 1 atom stereocenters. The van der Waals surface area contributed by atoms with Crippen LogP contribution >= 0.6 is 0 Å². The fraction of sp³-hybridized carbons (Fsp3) is 0.120. The Kier molecular flexibility index (Phi) is 5.71. The minimum Gasteiger partial charge on any atom is -0.475 e. The average molecular weight is 415 g/mol. The number of anilines is 3. The zero-order chi connectivity index (χ0) is 21.8. The molecule has 6 heteroatoms. The van der Waals surface area contributed by atoms with E-state index in [9.17, 15) is 9.59 Å². The van der Waals surface area contributed by atoms with E-state index >= 15 is 0 Å². The topological polar surface area (TPSA) is 65.1 Å². The maximum Gasteiger partial charge on any atom is 0.351 e. The number of ether oxygens (including phenoxy) is 3. The number of aryl methyl sites for hydroxylation is 1. The molecule has 0 radical (unpaired) electrons. The van der Waals surface area contributed by atoms with Crippen LogP contribution in [0.1, 0.15) is 5.56 Å². The molecule has 0 aliphatic carbocycles. The van der Waals surface area contributed by atoms with Gasteiger partial charge in [0, 0.05) is 23.1 Å². The van der Waals surface area contributed by atoms with Crippen LogP contribution in [0.15, 0.2) is 85.5 Å². The van der Waals surface area contributed by atoms with Gasteiger partial charge in [-0.15, -0.1) is 0 Å². The molecule has 3 aromatic rings. The second-order valence-electron chi connectivity index (χ2n) is 7.02. The molecular weight excluding hydrogens is 394 g/mol. The third-order valence-electron chi connectivity index (χ3n) is 4.75. The number of carbonyl (C=O) groups excluding carboxylic acids is 2. The van der Waals surface area contributed by atoms with Gasteiger partial charge >= 0.3 is 11.9 Å². The summed E-state index contributed by atoms with van der Waals surface area (Å²) in [6, 6.07) is 22.9. The van der Waals surface area contributed by atoms with E-state index in [4.69, 9.17) is 14.2 Å². The fourth-order valence-electron chi connectivity index (χ4n) is 3.17. The zero-order valence-corrected chi connectivity index (χ0v) is 17.0. The van der Waals surface area contributed by atoms with Gasteiger partial charge in [0.2, 0.25) is 6.10 Å². The Balaban J connectivity index is 1.64. The van der Waals surface area contributed by atoms with E-state index in [-0.39, 0.29) is 12.6 Å². The number of benzene rings is 3. The van der Waals surface area contributed by atoms with Crippen molar-refractivity contribution in [3.63, 3.8) is 0 Å². The van der Waals surface area contributed by atoms with Crippen LogP contribution in [-0.4, -0.2) is 24.6 Å². The van der Waals surface area contributed by atoms with E-state index in [0.717, 1.165) is 28.7 Å². The molecule has 31 heavy (non-hydrogen) atoms. The van der Waals surface area contributed by atoms with Gasteiger partial charge in [0.25, 0.3) is 0 Å². The van der Waals surface area contributed by atoms with Crippen LogP contribution in [0.3, 0.4) is 0 Å². The molecule has 0 aromatic heterocycles. The van der Waals surface area contributed by atoms with Gasteiger partial charge in [-0.2, -0.15) is 0 Å². The number of carbonyl (C=O) groups is 2. The number of rotatable bonds is 7. The lowest BCUT2D eigenvalue weighted by Crippen LogP contribution is -2.44. The maximum absolute atomic E-state index is 11.4. The average Bonchev–Trinajstić information content (AvgIpc) is 2.78. The van der Waals surface area contributed by atoms with E-state index in [1.807, 2.05) is 61.5 Å². The molecule has 0 spiro atoms. The van der Waals surface area contributed by atoms with Gasteiger partial charge in [-0.05, 0) is 73.2 Å². The molecule has 156 valence electrons. The Labute approximate surface area is 180 Å². The van der Waals surface area contributed by atoms with E-state index in [1.165, 1.54) is 0 Å². The highest BCUT2D eigenvalue weighted by molar-refractivity contribution is 5.84. The summed E-state index contributed by atoms with van der Waals surface area (Å²) in [5.41, 5.74) is 3.90. The number of hydrogen-bond acceptors (Lipinski definition) is 6. The van der Waals surface area contributed by atoms with E-state index in [2.05, 4.69) is 17.5 Å². The molecular formula is C25H21NO5. The quantitative estimate of drug-likeness (QED) is 0.312. The second kappa shape index (κ2) is 8.75. The van der Waals surface area contributed by atoms with E-state index in [1.54, 1.807) is 12.1 Å². The molecule has 1 aliphatic heterocycles. The fourth-order valence-corrected chi connectivity index (χ4v) is 3.17. The van der Waals surface area contributed by atoms with Gasteiger partial charge in [0.05, 0.1) is 0 Å². The van der Waals surface area contributed by atoms with Crippen LogP contribution < -0.4 is 14.4 Å². The van der Waals surface area contributed by atoms with E-state index in [0.29, 0.717) is 11.5 Å². The van der Waals surface area contributed by atoms with Crippen LogP contribution in [0.25, 0.3) is 0 Å². The molecule has 0 saturated carbocycles. The second-order valence-corrected chi connectivity index (χ2v) is 7.02. The molecule has 1 aliphatic rings. The van der Waals surface area contributed by atoms with Crippen LogP contribution in [0.5, 0.6) is 11.5 Å². The van der Waals surface area contributed by atoms with Crippen molar-refractivity contribution in [2.45, 2.75) is 13.0 Å². The summed E-state index contributed by atoms with van der Waals surface area (Å²) in [6.07, 6.45) is 0.587. The standard InChI is InChI=1S/C25H21NO5/c1-3-24(27)31-22-13-9-19(10-14-22)26(20-6-4-5-17(2)15-20)18-7-11-21(12-8-18)30-23-16-29-25(23)28/h3-15,23H,1,16H2,2H3. The molecule has 0 N–H and O–H groups in total. The molecule has 4 rings (SSSR count). The minimum atomic E-state index is -0.537. The molecule has 0 bridgehead atoms. The Bertz CT molecular complexity index is 1110. The molecule has 1 saturated heterocycles. The smallest absolute Gasteiger partial charge is 0.351 e. The molecule has 1 fully saturated rings. The first-order valence-corrected chi connectivity index (χ1v) is 9.78. The number of cyclic esters (lactones) is 1. The summed E-state index contributed by atoms with van der Waals surface area (Å²) in [4.78, 5) is 24.9. The Hall–Kier alpha value is -4.06. The van der Waals surface area contributed by atoms with Crippen molar-refractivity contribution in [1.82, 2.24) is 0 Å². The highest BCUT2D eigenvalue weighted by Crippen LogP contribution is 2.36. The van der Waals surface area contributed by atoms with Crippen LogP contribution in [0.2, 0.25) is 0 Å². The van der Waals surface area contributed by atoms with Crippen LogP contribution in [-0.2, 0) is 14.3 Å². The first kappa shape index (κ1) is 20.2. The lowest BCUT2D eigenvalue weighted by atomic mass is 10.1. The predicted octanol–water partition coefficient (Wildman–Crippen LogP) is 4.86. The summed E-state index contributed by atoms with van der Waals surface area (Å²) >= 11 is 0. The van der Waals surface area contributed by atoms with Gasteiger partial charge in [0.1, 0.15) is 18.1 Å². The summed E-state index contributed by atoms with van der Waals surface area (Å²) in [6.45, 7) is 5.72. The number of nitrogens with zero attached hydrogens (tertiary/aromatic N) is 1. The number of esters is 2. The van der Waals surface area contributed by atoms with Gasteiger partial charge in [-0.1, -0.05) is 18.7 Å². The van der Waals surface area contributed by atoms with Crippen molar-refractivity contribution in [2.24, 2.45) is 0 Å². The largest absolute Gasteiger partial charge is 0.475 e. The molecule has 3 aromatic carbocycles. The first-order valence-electron chi connectivity index (χ1n) is 9.78. The highest BCUT2D eigenvalue weighted by atomic mass is 16.6. The van der Waals surface area contributed by atoms with Crippen LogP contribution in [0.4, 0.5) is 17.1 Å². The Morgan fingerprint density at radius 1 is 1.00 bits per heavy atom. The van der Waals surface area contributed by atoms with Crippen molar-refractivity contribution < 1.29 is 23.8 Å². The van der Waals surface area contributed by atoms with Crippen LogP contribution in [0, 0.1) is 6.92 Å². The lowest BCUT2D eigenvalue weighted by Gasteiger charge is -2.27. The minimum absolute atomic E-state index is 0.277. The van der Waals surface area contributed by atoms with Crippen molar-refractivity contribution in [3.05, 3.63) is 91.0 Å². The summed E-state index contributed by atoms with van der Waals surface area (Å²) in [5.74, 6) is 0.187. The highest BCUT2D eigenvalue weighted by Gasteiger charge is 2.32. The van der Waals surface area contributed by atoms with Gasteiger partial charge in [0.15, 0.2) is 0 Å². The van der Waals surface area contributed by atoms with Crippen molar-refractivity contribution >= 4 is 29.0 Å². The molecule has 0 amide bonds. The number of hydrogen-bond donors (Lipinski definition) is 0. The first-order chi connectivity index (χ1) is 15.0. The molecule has 6 nitrogen and oxygen atoms in total.